The van der Waals surface area contributed by atoms with E-state index in [1.807, 2.05) is 37.3 Å². The van der Waals surface area contributed by atoms with E-state index < -0.39 is 0 Å². The molecule has 1 unspecified atom stereocenters. The van der Waals surface area contributed by atoms with Gasteiger partial charge in [-0.1, -0.05) is 37.3 Å². The van der Waals surface area contributed by atoms with Crippen molar-refractivity contribution >= 4 is 18.4 Å². The lowest BCUT2D eigenvalue weighted by molar-refractivity contribution is 0.194. The van der Waals surface area contributed by atoms with Crippen molar-refractivity contribution in [1.82, 2.24) is 15.8 Å². The Morgan fingerprint density at radius 1 is 1.31 bits per heavy atom. The van der Waals surface area contributed by atoms with Crippen molar-refractivity contribution in [3.8, 4) is 0 Å². The van der Waals surface area contributed by atoms with Gasteiger partial charge in [-0.3, -0.25) is 5.01 Å². The molecule has 1 aliphatic heterocycles. The quantitative estimate of drug-likeness (QED) is 0.849. The summed E-state index contributed by atoms with van der Waals surface area (Å²) < 4.78 is 0. The molecule has 16 heavy (non-hydrogen) atoms. The molecule has 0 aliphatic carbocycles. The fraction of sp³-hybridized carbons (Fsp3) is 0.364. The van der Waals surface area contributed by atoms with Crippen molar-refractivity contribution in [2.45, 2.75) is 26.1 Å². The number of amides is 2. The van der Waals surface area contributed by atoms with Crippen LogP contribution in [0, 0.1) is 0 Å². The molecule has 1 atom stereocenters. The molecule has 88 valence electrons. The van der Waals surface area contributed by atoms with E-state index in [2.05, 4.69) is 10.7 Å². The molecule has 0 bridgehead atoms. The van der Waals surface area contributed by atoms with Crippen LogP contribution < -0.4 is 10.7 Å². The van der Waals surface area contributed by atoms with E-state index in [9.17, 15) is 4.79 Å². The molecule has 0 saturated carbocycles. The molecule has 5 heteroatoms. The average molecular weight is 242 g/mol. The number of nitrogens with one attached hydrogen (secondary N) is 2. The Morgan fingerprint density at radius 3 is 2.56 bits per heavy atom. The van der Waals surface area contributed by atoms with E-state index in [0.29, 0.717) is 6.54 Å². The summed E-state index contributed by atoms with van der Waals surface area (Å²) in [4.78, 5) is 11.5. The molecule has 1 aromatic rings. The maximum absolute atomic E-state index is 11.5. The van der Waals surface area contributed by atoms with E-state index in [4.69, 9.17) is 0 Å². The zero-order chi connectivity index (χ0) is 10.7. The minimum Gasteiger partial charge on any atom is -0.320 e. The molecular formula is C11H16ClN3O. The van der Waals surface area contributed by atoms with Crippen molar-refractivity contribution in [1.29, 1.82) is 0 Å². The summed E-state index contributed by atoms with van der Waals surface area (Å²) >= 11 is 0. The molecule has 1 aromatic carbocycles. The third-order valence-electron chi connectivity index (χ3n) is 2.45. The number of benzene rings is 1. The van der Waals surface area contributed by atoms with Crippen molar-refractivity contribution in [2.24, 2.45) is 0 Å². The van der Waals surface area contributed by atoms with Crippen molar-refractivity contribution in [3.05, 3.63) is 35.9 Å². The summed E-state index contributed by atoms with van der Waals surface area (Å²) in [7, 11) is 0. The van der Waals surface area contributed by atoms with Gasteiger partial charge in [0.25, 0.3) is 0 Å². The van der Waals surface area contributed by atoms with Gasteiger partial charge in [0.1, 0.15) is 0 Å². The average Bonchev–Trinajstić information content (AvgIpc) is 2.61. The summed E-state index contributed by atoms with van der Waals surface area (Å²) in [5.41, 5.74) is 4.23. The summed E-state index contributed by atoms with van der Waals surface area (Å²) in [6.07, 6.45) is 0.957. The van der Waals surface area contributed by atoms with Crippen LogP contribution in [0.1, 0.15) is 18.9 Å². The number of nitrogens with zero attached hydrogens (tertiary/aromatic N) is 1. The smallest absolute Gasteiger partial charge is 0.320 e. The highest BCUT2D eigenvalue weighted by Crippen LogP contribution is 2.07. The van der Waals surface area contributed by atoms with E-state index >= 15 is 0 Å². The number of rotatable bonds is 3. The minimum atomic E-state index is -0.0503. The van der Waals surface area contributed by atoms with Crippen LogP contribution in [0.5, 0.6) is 0 Å². The molecule has 1 saturated heterocycles. The number of hydrogen-bond donors (Lipinski definition) is 2. The first-order valence-electron chi connectivity index (χ1n) is 5.17. The van der Waals surface area contributed by atoms with Crippen LogP contribution in [0.4, 0.5) is 4.79 Å². The number of urea groups is 1. The van der Waals surface area contributed by atoms with Crippen LogP contribution in [0.25, 0.3) is 0 Å². The highest BCUT2D eigenvalue weighted by Gasteiger charge is 2.26. The molecule has 0 radical (unpaired) electrons. The second kappa shape index (κ2) is 5.72. The first-order valence-corrected chi connectivity index (χ1v) is 5.17. The Morgan fingerprint density at radius 2 is 2.00 bits per heavy atom. The van der Waals surface area contributed by atoms with Crippen molar-refractivity contribution in [3.63, 3.8) is 0 Å². The van der Waals surface area contributed by atoms with E-state index in [1.54, 1.807) is 5.01 Å². The molecule has 0 spiro atoms. The first-order chi connectivity index (χ1) is 7.29. The van der Waals surface area contributed by atoms with Crippen LogP contribution in [-0.2, 0) is 6.54 Å². The second-order valence-electron chi connectivity index (χ2n) is 3.61. The lowest BCUT2D eigenvalue weighted by Gasteiger charge is -2.15. The van der Waals surface area contributed by atoms with Gasteiger partial charge in [0.05, 0.1) is 12.7 Å². The molecule has 1 aliphatic rings. The zero-order valence-corrected chi connectivity index (χ0v) is 9.96. The fourth-order valence-corrected chi connectivity index (χ4v) is 1.58. The van der Waals surface area contributed by atoms with Crippen LogP contribution in [-0.4, -0.2) is 17.2 Å². The summed E-state index contributed by atoms with van der Waals surface area (Å²) in [6, 6.07) is 9.88. The monoisotopic (exact) mass is 241 g/mol. The molecule has 2 rings (SSSR count). The Balaban J connectivity index is 0.00000128. The second-order valence-corrected chi connectivity index (χ2v) is 3.61. The number of carbonyl (C=O) groups is 1. The highest BCUT2D eigenvalue weighted by molar-refractivity contribution is 5.85. The number of carbonyl (C=O) groups excluding carboxylic acids is 1. The maximum atomic E-state index is 11.5. The number of hydrogen-bond acceptors (Lipinski definition) is 2. The molecule has 2 N–H and O–H groups in total. The van der Waals surface area contributed by atoms with Crippen molar-refractivity contribution in [2.75, 3.05) is 0 Å². The lowest BCUT2D eigenvalue weighted by atomic mass is 10.2. The SMILES string of the molecule is CCC1NC(=O)N(Cc2ccccc2)N1.Cl. The van der Waals surface area contributed by atoms with Crippen LogP contribution in [0.15, 0.2) is 30.3 Å². The van der Waals surface area contributed by atoms with Gasteiger partial charge >= 0.3 is 6.03 Å². The minimum absolute atomic E-state index is 0. The van der Waals surface area contributed by atoms with Crippen molar-refractivity contribution < 1.29 is 4.79 Å². The zero-order valence-electron chi connectivity index (χ0n) is 9.14. The predicted molar refractivity (Wildman–Crippen MR) is 65.0 cm³/mol. The Kier molecular flexibility index (Phi) is 4.58. The molecule has 4 nitrogen and oxygen atoms in total. The molecule has 2 amide bonds. The first kappa shape index (κ1) is 12.8. The maximum Gasteiger partial charge on any atom is 0.333 e. The van der Waals surface area contributed by atoms with Gasteiger partial charge in [-0.2, -0.15) is 0 Å². The summed E-state index contributed by atoms with van der Waals surface area (Å²) in [6.45, 7) is 2.63. The standard InChI is InChI=1S/C11H15N3O.ClH/c1-2-10-12-11(15)14(13-10)8-9-6-4-3-5-7-9;/h3-7,10,13H,2,8H2,1H3,(H,12,15);1H. The van der Waals surface area contributed by atoms with Crippen LogP contribution in [0.3, 0.4) is 0 Å². The largest absolute Gasteiger partial charge is 0.333 e. The van der Waals surface area contributed by atoms with Gasteiger partial charge < -0.3 is 5.32 Å². The third-order valence-corrected chi connectivity index (χ3v) is 2.45. The number of hydrazine groups is 1. The van der Waals surface area contributed by atoms with Gasteiger partial charge in [-0.05, 0) is 12.0 Å². The van der Waals surface area contributed by atoms with E-state index in [-0.39, 0.29) is 24.6 Å². The number of halogens is 1. The molecular weight excluding hydrogens is 226 g/mol. The topological polar surface area (TPSA) is 44.4 Å². The summed E-state index contributed by atoms with van der Waals surface area (Å²) in [5.74, 6) is 0. The third kappa shape index (κ3) is 2.87. The Labute approximate surface area is 101 Å². The van der Waals surface area contributed by atoms with E-state index in [1.165, 1.54) is 0 Å². The fourth-order valence-electron chi connectivity index (χ4n) is 1.58. The Hall–Kier alpha value is -1.26. The Bertz CT molecular complexity index is 344. The normalized spacial score (nSPS) is 19.2. The predicted octanol–water partition coefficient (Wildman–Crippen LogP) is 1.87. The van der Waals surface area contributed by atoms with Gasteiger partial charge in [0, 0.05) is 0 Å². The van der Waals surface area contributed by atoms with E-state index in [0.717, 1.165) is 12.0 Å². The molecule has 0 aromatic heterocycles. The molecule has 1 fully saturated rings. The molecule has 1 heterocycles. The van der Waals surface area contributed by atoms with Crippen LogP contribution in [0.2, 0.25) is 0 Å². The highest BCUT2D eigenvalue weighted by atomic mass is 35.5. The lowest BCUT2D eigenvalue weighted by Crippen LogP contribution is -2.36. The van der Waals surface area contributed by atoms with Crippen LogP contribution >= 0.6 is 12.4 Å². The van der Waals surface area contributed by atoms with Gasteiger partial charge in [-0.25, -0.2) is 10.2 Å². The van der Waals surface area contributed by atoms with Gasteiger partial charge in [0.2, 0.25) is 0 Å². The van der Waals surface area contributed by atoms with Gasteiger partial charge in [0.15, 0.2) is 0 Å². The summed E-state index contributed by atoms with van der Waals surface area (Å²) in [5, 5.41) is 4.46. The van der Waals surface area contributed by atoms with Gasteiger partial charge in [-0.15, -0.1) is 12.4 Å².